The Kier molecular flexibility index (Phi) is 4.91. The van der Waals surface area contributed by atoms with Crippen molar-refractivity contribution in [3.05, 3.63) is 47.3 Å². The molecule has 144 valence electrons. The van der Waals surface area contributed by atoms with Crippen LogP contribution in [0.4, 0.5) is 0 Å². The molecule has 0 atom stereocenters. The molecular formula is C19H18N4O4S. The monoisotopic (exact) mass is 398 g/mol. The number of aliphatic carboxylic acids is 1. The number of hydrogen-bond donors (Lipinski definition) is 3. The van der Waals surface area contributed by atoms with Gasteiger partial charge in [-0.1, -0.05) is 23.9 Å². The number of hydrogen-bond acceptors (Lipinski definition) is 6. The SMILES string of the molecule is O=C(O)CNC(=O)c1c(O)cc(Sc2cccc3c2CCCC3)n2ncnc12. The van der Waals surface area contributed by atoms with Gasteiger partial charge in [0.15, 0.2) is 5.65 Å². The maximum absolute atomic E-state index is 12.3. The van der Waals surface area contributed by atoms with Crippen LogP contribution in [-0.2, 0) is 17.6 Å². The van der Waals surface area contributed by atoms with E-state index in [1.54, 1.807) is 0 Å². The fourth-order valence-electron chi connectivity index (χ4n) is 3.43. The number of carboxylic acids is 1. The number of nitrogens with zero attached hydrogens (tertiary/aromatic N) is 3. The van der Waals surface area contributed by atoms with Crippen LogP contribution in [0.3, 0.4) is 0 Å². The first-order valence-corrected chi connectivity index (χ1v) is 9.70. The van der Waals surface area contributed by atoms with Crippen LogP contribution in [0.5, 0.6) is 5.75 Å². The van der Waals surface area contributed by atoms with E-state index in [0.29, 0.717) is 5.03 Å². The summed E-state index contributed by atoms with van der Waals surface area (Å²) in [5.41, 5.74) is 2.74. The summed E-state index contributed by atoms with van der Waals surface area (Å²) in [6.45, 7) is -0.550. The molecule has 0 saturated carbocycles. The smallest absolute Gasteiger partial charge is 0.322 e. The molecule has 1 aliphatic carbocycles. The fourth-order valence-corrected chi connectivity index (χ4v) is 4.55. The van der Waals surface area contributed by atoms with Gasteiger partial charge in [0.2, 0.25) is 0 Å². The summed E-state index contributed by atoms with van der Waals surface area (Å²) in [6, 6.07) is 7.68. The Morgan fingerprint density at radius 1 is 1.25 bits per heavy atom. The van der Waals surface area contributed by atoms with Crippen molar-refractivity contribution < 1.29 is 19.8 Å². The van der Waals surface area contributed by atoms with Crippen LogP contribution in [0, 0.1) is 0 Å². The van der Waals surface area contributed by atoms with Gasteiger partial charge in [0.25, 0.3) is 5.91 Å². The number of nitrogens with one attached hydrogen (secondary N) is 1. The highest BCUT2D eigenvalue weighted by molar-refractivity contribution is 7.99. The predicted molar refractivity (Wildman–Crippen MR) is 102 cm³/mol. The molecule has 28 heavy (non-hydrogen) atoms. The normalized spacial score (nSPS) is 13.3. The molecule has 4 rings (SSSR count). The van der Waals surface area contributed by atoms with Crippen LogP contribution in [0.25, 0.3) is 5.65 Å². The number of pyridine rings is 1. The first kappa shape index (κ1) is 18.3. The van der Waals surface area contributed by atoms with E-state index in [1.165, 1.54) is 46.2 Å². The number of benzene rings is 1. The third kappa shape index (κ3) is 3.40. The van der Waals surface area contributed by atoms with Crippen LogP contribution in [0.2, 0.25) is 0 Å². The van der Waals surface area contributed by atoms with E-state index in [4.69, 9.17) is 5.11 Å². The summed E-state index contributed by atoms with van der Waals surface area (Å²) in [6.07, 6.45) is 5.72. The van der Waals surface area contributed by atoms with Crippen LogP contribution in [0.15, 0.2) is 40.5 Å². The molecule has 2 aromatic heterocycles. The molecule has 8 nitrogen and oxygen atoms in total. The minimum atomic E-state index is -1.17. The molecule has 0 bridgehead atoms. The van der Waals surface area contributed by atoms with E-state index in [0.717, 1.165) is 24.2 Å². The maximum Gasteiger partial charge on any atom is 0.322 e. The number of aromatic nitrogens is 3. The third-order valence-electron chi connectivity index (χ3n) is 4.69. The van der Waals surface area contributed by atoms with Crippen molar-refractivity contribution >= 4 is 29.3 Å². The zero-order valence-electron chi connectivity index (χ0n) is 14.9. The van der Waals surface area contributed by atoms with Crippen molar-refractivity contribution in [1.82, 2.24) is 19.9 Å². The quantitative estimate of drug-likeness (QED) is 0.604. The van der Waals surface area contributed by atoms with E-state index < -0.39 is 18.4 Å². The van der Waals surface area contributed by atoms with Gasteiger partial charge in [0.1, 0.15) is 29.2 Å². The van der Waals surface area contributed by atoms with Crippen LogP contribution >= 0.6 is 11.8 Å². The minimum absolute atomic E-state index is 0.0989. The average molecular weight is 398 g/mol. The Bertz CT molecular complexity index is 1080. The Balaban J connectivity index is 1.72. The van der Waals surface area contributed by atoms with Gasteiger partial charge in [-0.05, 0) is 42.9 Å². The van der Waals surface area contributed by atoms with Crippen LogP contribution < -0.4 is 5.32 Å². The number of carbonyl (C=O) groups is 2. The molecule has 3 N–H and O–H groups in total. The molecule has 1 amide bonds. The van der Waals surface area contributed by atoms with Crippen molar-refractivity contribution in [2.24, 2.45) is 0 Å². The van der Waals surface area contributed by atoms with Crippen molar-refractivity contribution in [2.45, 2.75) is 35.6 Å². The molecule has 0 saturated heterocycles. The molecule has 0 aliphatic heterocycles. The summed E-state index contributed by atoms with van der Waals surface area (Å²) in [7, 11) is 0. The number of carbonyl (C=O) groups excluding carboxylic acids is 1. The molecule has 0 radical (unpaired) electrons. The van der Waals surface area contributed by atoms with E-state index in [2.05, 4.69) is 21.5 Å². The lowest BCUT2D eigenvalue weighted by molar-refractivity contribution is -0.135. The lowest BCUT2D eigenvalue weighted by Gasteiger charge is -2.19. The molecule has 1 aliphatic rings. The molecule has 9 heteroatoms. The number of aryl methyl sites for hydroxylation is 1. The van der Waals surface area contributed by atoms with Crippen molar-refractivity contribution in [1.29, 1.82) is 0 Å². The minimum Gasteiger partial charge on any atom is -0.507 e. The van der Waals surface area contributed by atoms with Gasteiger partial charge in [0.05, 0.1) is 0 Å². The topological polar surface area (TPSA) is 117 Å². The molecule has 1 aromatic carbocycles. The largest absolute Gasteiger partial charge is 0.507 e. The zero-order valence-corrected chi connectivity index (χ0v) is 15.7. The molecular weight excluding hydrogens is 380 g/mol. The highest BCUT2D eigenvalue weighted by Gasteiger charge is 2.22. The van der Waals surface area contributed by atoms with Gasteiger partial charge in [-0.15, -0.1) is 0 Å². The summed E-state index contributed by atoms with van der Waals surface area (Å²) in [5.74, 6) is -2.16. The van der Waals surface area contributed by atoms with E-state index in [9.17, 15) is 14.7 Å². The summed E-state index contributed by atoms with van der Waals surface area (Å²) < 4.78 is 1.49. The van der Waals surface area contributed by atoms with Gasteiger partial charge in [-0.25, -0.2) is 9.50 Å². The van der Waals surface area contributed by atoms with E-state index in [1.807, 2.05) is 12.1 Å². The molecule has 0 fully saturated rings. The van der Waals surface area contributed by atoms with Gasteiger partial charge < -0.3 is 15.5 Å². The van der Waals surface area contributed by atoms with E-state index >= 15 is 0 Å². The molecule has 0 spiro atoms. The summed E-state index contributed by atoms with van der Waals surface area (Å²) >= 11 is 1.46. The predicted octanol–water partition coefficient (Wildman–Crippen LogP) is 2.28. The number of aromatic hydroxyl groups is 1. The third-order valence-corrected chi connectivity index (χ3v) is 5.79. The number of fused-ring (bicyclic) bond motifs is 2. The van der Waals surface area contributed by atoms with Gasteiger partial charge in [0, 0.05) is 11.0 Å². The second-order valence-electron chi connectivity index (χ2n) is 6.52. The number of carboxylic acid groups (broad SMARTS) is 1. The molecule has 0 unspecified atom stereocenters. The second kappa shape index (κ2) is 7.51. The number of rotatable bonds is 5. The number of amides is 1. The van der Waals surface area contributed by atoms with Crippen LogP contribution in [-0.4, -0.2) is 43.2 Å². The first-order valence-electron chi connectivity index (χ1n) is 8.89. The summed E-state index contributed by atoms with van der Waals surface area (Å²) in [5, 5.41) is 26.3. The lowest BCUT2D eigenvalue weighted by Crippen LogP contribution is -2.29. The van der Waals surface area contributed by atoms with Crippen molar-refractivity contribution in [3.63, 3.8) is 0 Å². The lowest BCUT2D eigenvalue weighted by atomic mass is 9.92. The standard InChI is InChI=1S/C19H18N4O4S/c24-13-8-15(28-14-7-3-5-11-4-1-2-6-12(11)14)23-18(21-10-22-23)17(13)19(27)20-9-16(25)26/h3,5,7-8,10,24H,1-2,4,6,9H2,(H,20,27)(H,25,26). The van der Waals surface area contributed by atoms with Crippen molar-refractivity contribution in [3.8, 4) is 5.75 Å². The zero-order chi connectivity index (χ0) is 19.7. The highest BCUT2D eigenvalue weighted by Crippen LogP contribution is 2.37. The second-order valence-corrected chi connectivity index (χ2v) is 7.58. The van der Waals surface area contributed by atoms with Crippen LogP contribution in [0.1, 0.15) is 34.3 Å². The average Bonchev–Trinajstić information content (AvgIpc) is 3.16. The molecule has 2 heterocycles. The maximum atomic E-state index is 12.3. The Morgan fingerprint density at radius 2 is 2.07 bits per heavy atom. The van der Waals surface area contributed by atoms with Gasteiger partial charge in [-0.3, -0.25) is 9.59 Å². The van der Waals surface area contributed by atoms with Crippen molar-refractivity contribution in [2.75, 3.05) is 6.54 Å². The first-order chi connectivity index (χ1) is 13.5. The van der Waals surface area contributed by atoms with E-state index in [-0.39, 0.29) is 17.0 Å². The fraction of sp³-hybridized carbons (Fsp3) is 0.263. The Morgan fingerprint density at radius 3 is 2.89 bits per heavy atom. The van der Waals surface area contributed by atoms with Gasteiger partial charge >= 0.3 is 5.97 Å². The highest BCUT2D eigenvalue weighted by atomic mass is 32.2. The summed E-state index contributed by atoms with van der Waals surface area (Å²) in [4.78, 5) is 28.2. The molecule has 3 aromatic rings. The van der Waals surface area contributed by atoms with Gasteiger partial charge in [-0.2, -0.15) is 5.10 Å². The Labute approximate surface area is 164 Å². The Hall–Kier alpha value is -3.07.